The van der Waals surface area contributed by atoms with Gasteiger partial charge < -0.3 is 4.79 Å². The fourth-order valence-corrected chi connectivity index (χ4v) is 3.92. The van der Waals surface area contributed by atoms with Crippen molar-refractivity contribution in [1.82, 2.24) is 14.5 Å². The van der Waals surface area contributed by atoms with Gasteiger partial charge in [-0.3, -0.25) is 24.0 Å². The van der Waals surface area contributed by atoms with Gasteiger partial charge in [0.1, 0.15) is 12.3 Å². The summed E-state index contributed by atoms with van der Waals surface area (Å²) in [5, 5.41) is 2.31. The largest absolute Gasteiger partial charge is 0.329 e. The van der Waals surface area contributed by atoms with Crippen LogP contribution < -0.4 is 11.0 Å². The lowest BCUT2D eigenvalue weighted by Gasteiger charge is -2.21. The van der Waals surface area contributed by atoms with Gasteiger partial charge in [0.15, 0.2) is 0 Å². The Balaban J connectivity index is 1.86. The predicted octanol–water partition coefficient (Wildman–Crippen LogP) is 1.18. The Kier molecular flexibility index (Phi) is 5.61. The minimum Gasteiger partial charge on any atom is -0.302 e. The van der Waals surface area contributed by atoms with Gasteiger partial charge in [0.05, 0.1) is 11.0 Å². The summed E-state index contributed by atoms with van der Waals surface area (Å²) in [6, 6.07) is 5.15. The summed E-state index contributed by atoms with van der Waals surface area (Å²) in [6.07, 6.45) is 3.28. The molecule has 26 heavy (non-hydrogen) atoms. The number of carbonyl (C=O) groups is 3. The minimum absolute atomic E-state index is 0.232. The molecule has 2 aromatic rings. The van der Waals surface area contributed by atoms with Crippen LogP contribution in [0.1, 0.15) is 30.9 Å². The highest BCUT2D eigenvalue weighted by Crippen LogP contribution is 2.24. The van der Waals surface area contributed by atoms with Crippen molar-refractivity contribution < 1.29 is 14.4 Å². The molecule has 0 bridgehead atoms. The number of aldehydes is 1. The number of aromatic nitrogens is 2. The highest BCUT2D eigenvalue weighted by Gasteiger charge is 2.31. The highest BCUT2D eigenvalue weighted by molar-refractivity contribution is 7.99. The maximum atomic E-state index is 12.7. The van der Waals surface area contributed by atoms with Gasteiger partial charge in [-0.25, -0.2) is 4.79 Å². The molecule has 7 nitrogen and oxygen atoms in total. The average Bonchev–Trinajstić information content (AvgIpc) is 2.86. The number of imide groups is 1. The second-order valence-electron chi connectivity index (χ2n) is 6.35. The Labute approximate surface area is 154 Å². The Morgan fingerprint density at radius 3 is 2.81 bits per heavy atom. The number of imidazole rings is 1. The first-order valence-corrected chi connectivity index (χ1v) is 9.73. The molecule has 1 atom stereocenters. The zero-order chi connectivity index (χ0) is 18.7. The van der Waals surface area contributed by atoms with Crippen LogP contribution in [-0.4, -0.2) is 38.7 Å². The van der Waals surface area contributed by atoms with Gasteiger partial charge >= 0.3 is 5.69 Å². The molecule has 1 aliphatic rings. The zero-order valence-electron chi connectivity index (χ0n) is 14.6. The average molecular weight is 375 g/mol. The molecule has 3 rings (SSSR count). The second kappa shape index (κ2) is 7.90. The highest BCUT2D eigenvalue weighted by atomic mass is 32.2. The van der Waals surface area contributed by atoms with E-state index >= 15 is 0 Å². The van der Waals surface area contributed by atoms with E-state index in [1.54, 1.807) is 23.4 Å². The van der Waals surface area contributed by atoms with Crippen molar-refractivity contribution in [2.45, 2.75) is 31.7 Å². The minimum atomic E-state index is -0.658. The van der Waals surface area contributed by atoms with Crippen LogP contribution >= 0.6 is 11.8 Å². The number of amides is 2. The van der Waals surface area contributed by atoms with Crippen LogP contribution in [0.4, 0.5) is 0 Å². The van der Waals surface area contributed by atoms with E-state index in [2.05, 4.69) is 5.32 Å². The number of carbonyl (C=O) groups excluding carboxylic acids is 3. The molecule has 0 radical (unpaired) electrons. The predicted molar refractivity (Wildman–Crippen MR) is 100 cm³/mol. The van der Waals surface area contributed by atoms with Gasteiger partial charge in [0.2, 0.25) is 11.8 Å². The molecule has 1 N–H and O–H groups in total. The van der Waals surface area contributed by atoms with Crippen molar-refractivity contribution in [3.8, 4) is 0 Å². The van der Waals surface area contributed by atoms with E-state index in [4.69, 9.17) is 0 Å². The van der Waals surface area contributed by atoms with Crippen molar-refractivity contribution in [2.75, 3.05) is 11.5 Å². The van der Waals surface area contributed by atoms with Crippen LogP contribution in [-0.2, 0) is 27.9 Å². The van der Waals surface area contributed by atoms with Crippen LogP contribution in [0.15, 0.2) is 23.0 Å². The van der Waals surface area contributed by atoms with Crippen molar-refractivity contribution in [1.29, 1.82) is 0 Å². The van der Waals surface area contributed by atoms with Crippen LogP contribution in [0, 0.1) is 0 Å². The van der Waals surface area contributed by atoms with Gasteiger partial charge in [-0.1, -0.05) is 6.07 Å². The SMILES string of the molecule is Cn1c(=O)n(C2CCC(=O)NC2=O)c2ccc(CCCSCC=O)cc21. The summed E-state index contributed by atoms with van der Waals surface area (Å²) in [7, 11) is 1.69. The van der Waals surface area contributed by atoms with E-state index in [0.717, 1.165) is 36.0 Å². The van der Waals surface area contributed by atoms with Gasteiger partial charge in [-0.2, -0.15) is 11.8 Å². The van der Waals surface area contributed by atoms with E-state index in [-0.39, 0.29) is 18.0 Å². The van der Waals surface area contributed by atoms with Crippen molar-refractivity contribution >= 4 is 40.9 Å². The van der Waals surface area contributed by atoms with Crippen molar-refractivity contribution in [2.24, 2.45) is 7.05 Å². The lowest BCUT2D eigenvalue weighted by molar-refractivity contribution is -0.135. The topological polar surface area (TPSA) is 90.2 Å². The van der Waals surface area contributed by atoms with Crippen LogP contribution in [0.2, 0.25) is 0 Å². The van der Waals surface area contributed by atoms with E-state index in [9.17, 15) is 19.2 Å². The summed E-state index contributed by atoms with van der Waals surface area (Å²) < 4.78 is 3.03. The fraction of sp³-hybridized carbons (Fsp3) is 0.444. The smallest absolute Gasteiger partial charge is 0.302 e. The Morgan fingerprint density at radius 1 is 1.27 bits per heavy atom. The van der Waals surface area contributed by atoms with E-state index < -0.39 is 11.9 Å². The molecule has 2 amide bonds. The zero-order valence-corrected chi connectivity index (χ0v) is 15.4. The quantitative estimate of drug-likeness (QED) is 0.446. The maximum absolute atomic E-state index is 12.7. The normalized spacial score (nSPS) is 17.5. The summed E-state index contributed by atoms with van der Waals surface area (Å²) in [5.74, 6) is 0.705. The summed E-state index contributed by atoms with van der Waals surface area (Å²) in [6.45, 7) is 0. The van der Waals surface area contributed by atoms with Gasteiger partial charge in [0, 0.05) is 19.2 Å². The Morgan fingerprint density at radius 2 is 2.08 bits per heavy atom. The fourth-order valence-electron chi connectivity index (χ4n) is 3.30. The number of nitrogens with zero attached hydrogens (tertiary/aromatic N) is 2. The molecular formula is C18H21N3O4S. The lowest BCUT2D eigenvalue weighted by Crippen LogP contribution is -2.44. The molecule has 0 aliphatic carbocycles. The molecule has 1 saturated heterocycles. The van der Waals surface area contributed by atoms with Gasteiger partial charge in [-0.05, 0) is 42.7 Å². The van der Waals surface area contributed by atoms with Gasteiger partial charge in [0.25, 0.3) is 0 Å². The number of hydrogen-bond acceptors (Lipinski definition) is 5. The number of aryl methyl sites for hydroxylation is 2. The third-order valence-electron chi connectivity index (χ3n) is 4.62. The third kappa shape index (κ3) is 3.60. The molecule has 1 fully saturated rings. The molecule has 2 heterocycles. The molecule has 0 spiro atoms. The molecular weight excluding hydrogens is 354 g/mol. The maximum Gasteiger partial charge on any atom is 0.329 e. The Bertz CT molecular complexity index is 915. The van der Waals surface area contributed by atoms with Crippen LogP contribution in [0.25, 0.3) is 11.0 Å². The molecule has 1 aromatic heterocycles. The van der Waals surface area contributed by atoms with Crippen molar-refractivity contribution in [3.05, 3.63) is 34.2 Å². The molecule has 138 valence electrons. The van der Waals surface area contributed by atoms with E-state index in [0.29, 0.717) is 17.7 Å². The number of hydrogen-bond donors (Lipinski definition) is 1. The number of nitrogens with one attached hydrogen (secondary N) is 1. The molecule has 0 saturated carbocycles. The first-order valence-electron chi connectivity index (χ1n) is 8.58. The Hall–Kier alpha value is -2.35. The summed E-state index contributed by atoms with van der Waals surface area (Å²) >= 11 is 1.61. The number of fused-ring (bicyclic) bond motifs is 1. The number of thioether (sulfide) groups is 1. The summed E-state index contributed by atoms with van der Waals surface area (Å²) in [5.41, 5.74) is 2.33. The number of rotatable bonds is 7. The first-order chi connectivity index (χ1) is 12.5. The molecule has 1 aliphatic heterocycles. The molecule has 8 heteroatoms. The van der Waals surface area contributed by atoms with E-state index in [1.807, 2.05) is 18.2 Å². The monoisotopic (exact) mass is 375 g/mol. The standard InChI is InChI=1S/C18H21N3O4S/c1-20-15-11-12(3-2-9-26-10-8-22)4-5-13(15)21(18(20)25)14-6-7-16(23)19-17(14)24/h4-5,8,11,14H,2-3,6-7,9-10H2,1H3,(H,19,23,24). The van der Waals surface area contributed by atoms with Crippen molar-refractivity contribution in [3.63, 3.8) is 0 Å². The van der Waals surface area contributed by atoms with Crippen LogP contribution in [0.3, 0.4) is 0 Å². The number of piperidine rings is 1. The third-order valence-corrected chi connectivity index (χ3v) is 5.56. The second-order valence-corrected chi connectivity index (χ2v) is 7.50. The van der Waals surface area contributed by atoms with E-state index in [1.165, 1.54) is 4.57 Å². The van der Waals surface area contributed by atoms with Crippen LogP contribution in [0.5, 0.6) is 0 Å². The first kappa shape index (κ1) is 18.4. The summed E-state index contributed by atoms with van der Waals surface area (Å²) in [4.78, 5) is 46.6. The van der Waals surface area contributed by atoms with Gasteiger partial charge in [-0.15, -0.1) is 0 Å². The number of benzene rings is 1. The molecule has 1 aromatic carbocycles. The lowest BCUT2D eigenvalue weighted by atomic mass is 10.1. The molecule has 1 unspecified atom stereocenters.